The molecule has 3 aliphatic rings. The van der Waals surface area contributed by atoms with Gasteiger partial charge in [0.15, 0.2) is 5.83 Å². The lowest BCUT2D eigenvalue weighted by molar-refractivity contribution is -0.131. The average molecular weight is 573 g/mol. The van der Waals surface area contributed by atoms with Crippen molar-refractivity contribution in [3.05, 3.63) is 58.9 Å². The molecule has 2 amide bonds. The van der Waals surface area contributed by atoms with Crippen molar-refractivity contribution in [2.24, 2.45) is 0 Å². The number of hydrogen-bond acceptors (Lipinski definition) is 7. The van der Waals surface area contributed by atoms with Crippen LogP contribution in [0.1, 0.15) is 33.4 Å². The molecule has 3 N–H and O–H groups in total. The van der Waals surface area contributed by atoms with E-state index >= 15 is 4.39 Å². The summed E-state index contributed by atoms with van der Waals surface area (Å²) in [5, 5.41) is 11.7. The van der Waals surface area contributed by atoms with Crippen LogP contribution in [0.2, 0.25) is 0 Å². The molecule has 0 spiro atoms. The number of nitrogens with zero attached hydrogens (tertiary/aromatic N) is 4. The molecule has 0 bridgehead atoms. The highest BCUT2D eigenvalue weighted by molar-refractivity contribution is 7.23. The summed E-state index contributed by atoms with van der Waals surface area (Å²) in [5.74, 6) is -3.70. The zero-order valence-corrected chi connectivity index (χ0v) is 21.8. The number of alkyl halides is 1. The van der Waals surface area contributed by atoms with Crippen LogP contribution in [-0.4, -0.2) is 53.8 Å². The molecule has 2 unspecified atom stereocenters. The number of benzene rings is 2. The van der Waals surface area contributed by atoms with Crippen molar-refractivity contribution in [3.8, 4) is 17.2 Å². The van der Waals surface area contributed by atoms with Gasteiger partial charge in [0.2, 0.25) is 0 Å². The van der Waals surface area contributed by atoms with Crippen LogP contribution < -0.4 is 16.2 Å². The predicted molar refractivity (Wildman–Crippen MR) is 142 cm³/mol. The summed E-state index contributed by atoms with van der Waals surface area (Å²) in [5.41, 5.74) is 9.21. The number of thiophene rings is 1. The van der Waals surface area contributed by atoms with Crippen LogP contribution in [0, 0.1) is 23.0 Å². The molecular weight excluding hydrogens is 553 g/mol. The highest BCUT2D eigenvalue weighted by Crippen LogP contribution is 2.50. The van der Waals surface area contributed by atoms with Crippen molar-refractivity contribution >= 4 is 55.5 Å². The first kappa shape index (κ1) is 25.5. The molecule has 1 aromatic heterocycles. The summed E-state index contributed by atoms with van der Waals surface area (Å²) < 4.78 is 44.4. The van der Waals surface area contributed by atoms with Gasteiger partial charge in [-0.2, -0.15) is 5.26 Å². The molecule has 0 saturated carbocycles. The summed E-state index contributed by atoms with van der Waals surface area (Å²) in [6.45, 7) is 3.77. The molecule has 1 saturated heterocycles. The van der Waals surface area contributed by atoms with E-state index in [0.717, 1.165) is 17.4 Å². The highest BCUT2D eigenvalue weighted by Gasteiger charge is 2.42. The van der Waals surface area contributed by atoms with Crippen molar-refractivity contribution < 1.29 is 22.8 Å². The van der Waals surface area contributed by atoms with Crippen LogP contribution in [0.4, 0.5) is 23.9 Å². The Kier molecular flexibility index (Phi) is 5.98. The Balaban J connectivity index is 1.51. The number of rotatable bonds is 2. The number of nitrogens with one attached hydrogen (secondary N) is 1. The van der Waals surface area contributed by atoms with Gasteiger partial charge in [-0.1, -0.05) is 24.2 Å². The fourth-order valence-electron chi connectivity index (χ4n) is 5.74. The third kappa shape index (κ3) is 3.76. The van der Waals surface area contributed by atoms with Crippen LogP contribution in [-0.2, 0) is 4.79 Å². The summed E-state index contributed by atoms with van der Waals surface area (Å²) in [7, 11) is 0. The molecule has 39 heavy (non-hydrogen) atoms. The lowest BCUT2D eigenvalue weighted by atomic mass is 9.90. The number of nitrogen functional groups attached to an aromatic ring is 1. The van der Waals surface area contributed by atoms with Gasteiger partial charge in [-0.05, 0) is 24.1 Å². The fraction of sp³-hybridized carbons (Fsp3) is 0.269. The molecule has 0 aliphatic carbocycles. The van der Waals surface area contributed by atoms with Gasteiger partial charge in [0, 0.05) is 42.7 Å². The van der Waals surface area contributed by atoms with Crippen LogP contribution in [0.5, 0.6) is 0 Å². The summed E-state index contributed by atoms with van der Waals surface area (Å²) in [4.78, 5) is 28.8. The molecule has 3 aromatic rings. The lowest BCUT2D eigenvalue weighted by Gasteiger charge is -2.43. The Labute approximate surface area is 229 Å². The van der Waals surface area contributed by atoms with Gasteiger partial charge in [0.25, 0.3) is 11.8 Å². The van der Waals surface area contributed by atoms with Crippen molar-refractivity contribution in [3.63, 3.8) is 0 Å². The number of anilines is 2. The molecular formula is C26H20ClF3N6O2S. The van der Waals surface area contributed by atoms with Crippen molar-refractivity contribution in [1.82, 2.24) is 15.2 Å². The predicted octanol–water partition coefficient (Wildman–Crippen LogP) is 4.40. The maximum absolute atomic E-state index is 16.1. The van der Waals surface area contributed by atoms with Gasteiger partial charge < -0.3 is 20.5 Å². The third-order valence-electron chi connectivity index (χ3n) is 7.46. The molecule has 2 aromatic carbocycles. The number of carbonyl (C=O) groups excluding carboxylic acids is 2. The van der Waals surface area contributed by atoms with E-state index in [1.165, 1.54) is 17.0 Å². The minimum Gasteiger partial charge on any atom is -0.389 e. The van der Waals surface area contributed by atoms with Gasteiger partial charge in [-0.15, -0.1) is 11.3 Å². The van der Waals surface area contributed by atoms with E-state index in [4.69, 9.17) is 17.3 Å². The highest BCUT2D eigenvalue weighted by atomic mass is 35.5. The average Bonchev–Trinajstić information content (AvgIpc) is 3.42. The standard InChI is InChI=1S/C26H20ClF3N6O2S/c1-11(28)25(37)34-6-7-35-12(10-34)4-5-36-21-14(26(35)38)8-17(30)19(20(21)23(27)33-36)13-2-3-16(29)22-18(13)15(9-31)24(32)39-22/h2-3,8,12,23,33H,1,4-7,10,32H2. The van der Waals surface area contributed by atoms with E-state index in [2.05, 4.69) is 12.0 Å². The minimum atomic E-state index is -1.07. The van der Waals surface area contributed by atoms with Gasteiger partial charge in [-0.25, -0.2) is 18.6 Å². The quantitative estimate of drug-likeness (QED) is 0.268. The smallest absolute Gasteiger partial charge is 0.282 e. The molecule has 3 aliphatic heterocycles. The first-order valence-electron chi connectivity index (χ1n) is 12.0. The topological polar surface area (TPSA) is 106 Å². The maximum atomic E-state index is 16.1. The normalized spacial score (nSPS) is 20.4. The molecule has 1 fully saturated rings. The molecule has 2 atom stereocenters. The number of amides is 2. The molecule has 4 heterocycles. The van der Waals surface area contributed by atoms with E-state index < -0.39 is 40.8 Å². The summed E-state index contributed by atoms with van der Waals surface area (Å²) >= 11 is 7.60. The largest absolute Gasteiger partial charge is 0.389 e. The molecule has 200 valence electrons. The van der Waals surface area contributed by atoms with Gasteiger partial charge in [0.05, 0.1) is 27.6 Å². The number of fused-ring (bicyclic) bond motifs is 2. The van der Waals surface area contributed by atoms with Gasteiger partial charge in [-0.3, -0.25) is 9.59 Å². The SMILES string of the molecule is C=C(F)C(=O)N1CCN2C(=O)c3cc(F)c(-c4ccc(F)c5sc(N)c(C#N)c45)c4c3N(CCC2C1)NC4Cl. The number of nitriles is 1. The third-order valence-corrected chi connectivity index (χ3v) is 8.80. The second kappa shape index (κ2) is 9.15. The van der Waals surface area contributed by atoms with Gasteiger partial charge in [0.1, 0.15) is 28.2 Å². The number of nitrogens with two attached hydrogens (primary N) is 1. The molecule has 8 nitrogen and oxygen atoms in total. The Bertz CT molecular complexity index is 1650. The zero-order chi connectivity index (χ0) is 27.7. The number of piperazine rings is 1. The minimum absolute atomic E-state index is 0.0408. The zero-order valence-electron chi connectivity index (χ0n) is 20.2. The van der Waals surface area contributed by atoms with Crippen LogP contribution in [0.3, 0.4) is 0 Å². The lowest BCUT2D eigenvalue weighted by Crippen LogP contribution is -2.58. The summed E-state index contributed by atoms with van der Waals surface area (Å²) in [6.07, 6.45) is 0.414. The maximum Gasteiger partial charge on any atom is 0.282 e. The number of hydrazine groups is 1. The fourth-order valence-corrected chi connectivity index (χ4v) is 7.02. The van der Waals surface area contributed by atoms with E-state index in [-0.39, 0.29) is 57.0 Å². The second-order valence-electron chi connectivity index (χ2n) is 9.54. The first-order chi connectivity index (χ1) is 18.6. The van der Waals surface area contributed by atoms with Crippen molar-refractivity contribution in [2.75, 3.05) is 36.9 Å². The first-order valence-corrected chi connectivity index (χ1v) is 13.3. The number of halogens is 4. The van der Waals surface area contributed by atoms with Crippen LogP contribution >= 0.6 is 22.9 Å². The van der Waals surface area contributed by atoms with Crippen LogP contribution in [0.25, 0.3) is 21.2 Å². The summed E-state index contributed by atoms with van der Waals surface area (Å²) in [6, 6.07) is 5.25. The molecule has 6 rings (SSSR count). The number of hydrogen-bond donors (Lipinski definition) is 2. The Morgan fingerprint density at radius 1 is 1.23 bits per heavy atom. The molecule has 0 radical (unpaired) electrons. The van der Waals surface area contributed by atoms with E-state index in [0.29, 0.717) is 24.2 Å². The van der Waals surface area contributed by atoms with E-state index in [1.54, 1.807) is 9.91 Å². The van der Waals surface area contributed by atoms with E-state index in [1.807, 2.05) is 6.07 Å². The van der Waals surface area contributed by atoms with Crippen molar-refractivity contribution in [2.45, 2.75) is 18.0 Å². The Morgan fingerprint density at radius 3 is 2.72 bits per heavy atom. The van der Waals surface area contributed by atoms with Crippen molar-refractivity contribution in [1.29, 1.82) is 5.26 Å². The van der Waals surface area contributed by atoms with E-state index in [9.17, 15) is 23.6 Å². The van der Waals surface area contributed by atoms with Gasteiger partial charge >= 0.3 is 0 Å². The molecule has 13 heteroatoms. The number of carbonyl (C=O) groups is 2. The Morgan fingerprint density at radius 2 is 2.00 bits per heavy atom. The van der Waals surface area contributed by atoms with Crippen LogP contribution in [0.15, 0.2) is 30.6 Å². The Hall–Kier alpha value is -3.79. The second-order valence-corrected chi connectivity index (χ2v) is 11.0. The monoisotopic (exact) mass is 572 g/mol.